The topological polar surface area (TPSA) is 76.8 Å². The smallest absolute Gasteiger partial charge is 0.345 e. The maximum Gasteiger partial charge on any atom is 0.345 e. The van der Waals surface area contributed by atoms with Crippen molar-refractivity contribution in [1.82, 2.24) is 4.31 Å². The average molecular weight is 456 g/mol. The molecule has 0 bridgehead atoms. The van der Waals surface area contributed by atoms with Crippen molar-refractivity contribution in [3.63, 3.8) is 0 Å². The lowest BCUT2D eigenvalue weighted by Gasteiger charge is -2.25. The third-order valence-electron chi connectivity index (χ3n) is 4.11. The second kappa shape index (κ2) is 6.90. The van der Waals surface area contributed by atoms with E-state index in [1.807, 2.05) is 6.07 Å². The highest BCUT2D eigenvalue weighted by molar-refractivity contribution is 9.10. The van der Waals surface area contributed by atoms with Gasteiger partial charge in [0.2, 0.25) is 0 Å². The van der Waals surface area contributed by atoms with Crippen molar-refractivity contribution >= 4 is 48.3 Å². The zero-order valence-electron chi connectivity index (χ0n) is 13.5. The van der Waals surface area contributed by atoms with Gasteiger partial charge in [-0.05, 0) is 36.4 Å². The van der Waals surface area contributed by atoms with Crippen molar-refractivity contribution in [3.05, 3.63) is 51.3 Å². The molecule has 26 heavy (non-hydrogen) atoms. The van der Waals surface area contributed by atoms with Crippen LogP contribution in [0.3, 0.4) is 0 Å². The number of hydrogen-bond acceptors (Lipinski definition) is 6. The number of ether oxygens (including phenoxy) is 1. The Hall–Kier alpha value is -1.52. The Morgan fingerprint density at radius 2 is 1.85 bits per heavy atom. The quantitative estimate of drug-likeness (QED) is 0.566. The van der Waals surface area contributed by atoms with E-state index in [-0.39, 0.29) is 4.21 Å². The zero-order chi connectivity index (χ0) is 18.3. The molecule has 0 spiro atoms. The van der Waals surface area contributed by atoms with E-state index in [0.717, 1.165) is 21.2 Å². The summed E-state index contributed by atoms with van der Waals surface area (Å²) in [6.45, 7) is 1.45. The number of hydrogen-bond donors (Lipinski definition) is 0. The molecule has 1 aromatic carbocycles. The number of sulfonamides is 1. The lowest BCUT2D eigenvalue weighted by Crippen LogP contribution is -2.40. The second-order valence-corrected chi connectivity index (χ2v) is 9.93. The number of benzene rings is 1. The Labute approximate surface area is 162 Å². The van der Waals surface area contributed by atoms with Crippen LogP contribution in [0.4, 0.5) is 0 Å². The Morgan fingerprint density at radius 1 is 1.08 bits per heavy atom. The predicted molar refractivity (Wildman–Crippen MR) is 103 cm³/mol. The minimum Gasteiger partial charge on any atom is -0.422 e. The van der Waals surface area contributed by atoms with Gasteiger partial charge in [-0.25, -0.2) is 13.2 Å². The maximum absolute atomic E-state index is 12.7. The largest absolute Gasteiger partial charge is 0.422 e. The molecule has 3 heterocycles. The van der Waals surface area contributed by atoms with E-state index in [1.165, 1.54) is 10.4 Å². The average Bonchev–Trinajstić information content (AvgIpc) is 3.13. The summed E-state index contributed by atoms with van der Waals surface area (Å²) in [4.78, 5) is 12.9. The van der Waals surface area contributed by atoms with Gasteiger partial charge in [-0.1, -0.05) is 15.9 Å². The van der Waals surface area contributed by atoms with E-state index in [0.29, 0.717) is 42.3 Å². The first-order valence-electron chi connectivity index (χ1n) is 7.87. The second-order valence-electron chi connectivity index (χ2n) is 5.76. The van der Waals surface area contributed by atoms with Crippen LogP contribution >= 0.6 is 27.3 Å². The third-order valence-corrected chi connectivity index (χ3v) is 8.08. The van der Waals surface area contributed by atoms with Crippen LogP contribution < -0.4 is 5.63 Å². The van der Waals surface area contributed by atoms with Crippen molar-refractivity contribution in [2.75, 3.05) is 26.3 Å². The van der Waals surface area contributed by atoms with Gasteiger partial charge in [-0.15, -0.1) is 11.3 Å². The van der Waals surface area contributed by atoms with E-state index < -0.39 is 15.6 Å². The Kier molecular flexibility index (Phi) is 4.74. The molecular formula is C17H14BrNO5S2. The number of rotatable bonds is 3. The molecule has 0 saturated carbocycles. The van der Waals surface area contributed by atoms with Gasteiger partial charge in [0.1, 0.15) is 9.79 Å². The SMILES string of the molecule is O=c1oc2ccc(Br)cc2cc1-c1ccc(S(=O)(=O)N2CCOCC2)s1. The van der Waals surface area contributed by atoms with Crippen molar-refractivity contribution in [3.8, 4) is 10.4 Å². The molecule has 9 heteroatoms. The van der Waals surface area contributed by atoms with Crippen LogP contribution in [0, 0.1) is 0 Å². The van der Waals surface area contributed by atoms with Crippen molar-refractivity contribution in [2.45, 2.75) is 4.21 Å². The Bertz CT molecular complexity index is 1130. The summed E-state index contributed by atoms with van der Waals surface area (Å²) in [6, 6.07) is 10.3. The monoisotopic (exact) mass is 455 g/mol. The van der Waals surface area contributed by atoms with E-state index in [2.05, 4.69) is 15.9 Å². The summed E-state index contributed by atoms with van der Waals surface area (Å²) < 4.78 is 38.6. The van der Waals surface area contributed by atoms with Crippen LogP contribution in [-0.2, 0) is 14.8 Å². The van der Waals surface area contributed by atoms with Crippen molar-refractivity contribution in [1.29, 1.82) is 0 Å². The van der Waals surface area contributed by atoms with Crippen LogP contribution in [-0.4, -0.2) is 39.0 Å². The predicted octanol–water partition coefficient (Wildman–Crippen LogP) is 3.30. The lowest BCUT2D eigenvalue weighted by molar-refractivity contribution is 0.0731. The van der Waals surface area contributed by atoms with E-state index in [9.17, 15) is 13.2 Å². The third kappa shape index (κ3) is 3.25. The Morgan fingerprint density at radius 3 is 2.62 bits per heavy atom. The molecular weight excluding hydrogens is 442 g/mol. The van der Waals surface area contributed by atoms with Crippen LogP contribution in [0.15, 0.2) is 54.3 Å². The highest BCUT2D eigenvalue weighted by Crippen LogP contribution is 2.32. The highest BCUT2D eigenvalue weighted by Gasteiger charge is 2.28. The van der Waals surface area contributed by atoms with Gasteiger partial charge in [0.15, 0.2) is 0 Å². The molecule has 1 fully saturated rings. The molecule has 1 aliphatic rings. The van der Waals surface area contributed by atoms with Gasteiger partial charge in [0.25, 0.3) is 10.0 Å². The molecule has 0 aliphatic carbocycles. The minimum atomic E-state index is -3.58. The fourth-order valence-electron chi connectivity index (χ4n) is 2.78. The summed E-state index contributed by atoms with van der Waals surface area (Å²) in [6.07, 6.45) is 0. The molecule has 2 aromatic heterocycles. The lowest BCUT2D eigenvalue weighted by atomic mass is 10.1. The minimum absolute atomic E-state index is 0.211. The molecule has 6 nitrogen and oxygen atoms in total. The Balaban J connectivity index is 1.75. The number of fused-ring (bicyclic) bond motifs is 1. The molecule has 0 N–H and O–H groups in total. The molecule has 0 amide bonds. The first-order valence-corrected chi connectivity index (χ1v) is 10.9. The highest BCUT2D eigenvalue weighted by atomic mass is 79.9. The van der Waals surface area contributed by atoms with Gasteiger partial charge < -0.3 is 9.15 Å². The van der Waals surface area contributed by atoms with E-state index >= 15 is 0 Å². The summed E-state index contributed by atoms with van der Waals surface area (Å²) in [7, 11) is -3.58. The molecule has 0 unspecified atom stereocenters. The van der Waals surface area contributed by atoms with Crippen LogP contribution in [0.2, 0.25) is 0 Å². The van der Waals surface area contributed by atoms with Gasteiger partial charge >= 0.3 is 5.63 Å². The zero-order valence-corrected chi connectivity index (χ0v) is 16.7. The number of thiophene rings is 1. The summed E-state index contributed by atoms with van der Waals surface area (Å²) in [5, 5.41) is 0.764. The first kappa shape index (κ1) is 17.9. The summed E-state index contributed by atoms with van der Waals surface area (Å²) in [5.41, 5.74) is 0.348. The van der Waals surface area contributed by atoms with Crippen LogP contribution in [0.5, 0.6) is 0 Å². The normalized spacial score (nSPS) is 16.2. The number of halogens is 1. The molecule has 136 valence electrons. The van der Waals surface area contributed by atoms with E-state index in [4.69, 9.17) is 9.15 Å². The number of morpholine rings is 1. The fraction of sp³-hybridized carbons (Fsp3) is 0.235. The number of nitrogens with zero attached hydrogens (tertiary/aromatic N) is 1. The van der Waals surface area contributed by atoms with Gasteiger partial charge in [-0.2, -0.15) is 4.31 Å². The van der Waals surface area contributed by atoms with Crippen molar-refractivity contribution in [2.24, 2.45) is 0 Å². The summed E-state index contributed by atoms with van der Waals surface area (Å²) in [5.74, 6) is 0. The van der Waals surface area contributed by atoms with Gasteiger partial charge in [0, 0.05) is 27.8 Å². The molecule has 0 radical (unpaired) electrons. The molecule has 4 rings (SSSR count). The van der Waals surface area contributed by atoms with Crippen LogP contribution in [0.25, 0.3) is 21.4 Å². The van der Waals surface area contributed by atoms with Crippen molar-refractivity contribution < 1.29 is 17.6 Å². The maximum atomic E-state index is 12.7. The molecule has 1 aliphatic heterocycles. The fourth-order valence-corrected chi connectivity index (χ4v) is 6.03. The first-order chi connectivity index (χ1) is 12.4. The molecule has 0 atom stereocenters. The van der Waals surface area contributed by atoms with Gasteiger partial charge in [0.05, 0.1) is 18.8 Å². The molecule has 1 saturated heterocycles. The van der Waals surface area contributed by atoms with Gasteiger partial charge in [-0.3, -0.25) is 0 Å². The molecule has 3 aromatic rings. The van der Waals surface area contributed by atoms with Crippen LogP contribution in [0.1, 0.15) is 0 Å². The summed E-state index contributed by atoms with van der Waals surface area (Å²) >= 11 is 4.47. The van der Waals surface area contributed by atoms with E-state index in [1.54, 1.807) is 24.3 Å². The standard InChI is InChI=1S/C17H14BrNO5S2/c18-12-1-2-14-11(9-12)10-13(17(20)24-14)15-3-4-16(25-15)26(21,22)19-5-7-23-8-6-19/h1-4,9-10H,5-8H2.